The van der Waals surface area contributed by atoms with Gasteiger partial charge in [-0.3, -0.25) is 10.1 Å². The van der Waals surface area contributed by atoms with Gasteiger partial charge in [0.05, 0.1) is 12.6 Å². The molecule has 0 aliphatic carbocycles. The van der Waals surface area contributed by atoms with Crippen molar-refractivity contribution in [1.29, 1.82) is 0 Å². The molecule has 0 bridgehead atoms. The van der Waals surface area contributed by atoms with Gasteiger partial charge in [0.15, 0.2) is 0 Å². The van der Waals surface area contributed by atoms with Gasteiger partial charge in [0.1, 0.15) is 0 Å². The van der Waals surface area contributed by atoms with Gasteiger partial charge in [-0.05, 0) is 13.2 Å². The molecule has 0 spiro atoms. The van der Waals surface area contributed by atoms with E-state index in [-0.39, 0.29) is 11.9 Å². The zero-order chi connectivity index (χ0) is 11.5. The Morgan fingerprint density at radius 3 is 2.87 bits per heavy atom. The van der Waals surface area contributed by atoms with E-state index in [1.165, 1.54) is 0 Å². The van der Waals surface area contributed by atoms with Crippen LogP contribution in [0.3, 0.4) is 0 Å². The smallest absolute Gasteiger partial charge is 0.262 e. The average Bonchev–Trinajstić information content (AvgIpc) is 2.46. The van der Waals surface area contributed by atoms with E-state index in [9.17, 15) is 13.6 Å². The Bertz CT molecular complexity index is 238. The van der Waals surface area contributed by atoms with E-state index in [0.717, 1.165) is 5.75 Å². The van der Waals surface area contributed by atoms with Crippen molar-refractivity contribution in [3.63, 3.8) is 0 Å². The standard InChI is InChI=1S/C9H16F2N2OS/c1-6(4-15-2)13-8(14)7-3-9(10,11)5-12-7/h6-7,12H,3-5H2,1-2H3,(H,13,14). The second-order valence-electron chi connectivity index (χ2n) is 3.86. The molecule has 0 saturated carbocycles. The molecule has 0 aromatic rings. The van der Waals surface area contributed by atoms with Crippen LogP contribution >= 0.6 is 11.8 Å². The number of rotatable bonds is 4. The lowest BCUT2D eigenvalue weighted by Gasteiger charge is -2.16. The van der Waals surface area contributed by atoms with Crippen LogP contribution in [0, 0.1) is 0 Å². The van der Waals surface area contributed by atoms with Gasteiger partial charge < -0.3 is 5.32 Å². The van der Waals surface area contributed by atoms with Crippen LogP contribution in [-0.4, -0.2) is 42.5 Å². The van der Waals surface area contributed by atoms with Crippen molar-refractivity contribution in [1.82, 2.24) is 10.6 Å². The predicted molar refractivity (Wildman–Crippen MR) is 57.3 cm³/mol. The summed E-state index contributed by atoms with van der Waals surface area (Å²) in [6.07, 6.45) is 1.54. The van der Waals surface area contributed by atoms with E-state index in [4.69, 9.17) is 0 Å². The Hall–Kier alpha value is -0.360. The molecule has 1 amide bonds. The maximum Gasteiger partial charge on any atom is 0.262 e. The Balaban J connectivity index is 2.35. The number of thioether (sulfide) groups is 1. The van der Waals surface area contributed by atoms with Crippen molar-refractivity contribution in [3.8, 4) is 0 Å². The Morgan fingerprint density at radius 2 is 2.40 bits per heavy atom. The third-order valence-corrected chi connectivity index (χ3v) is 3.07. The highest BCUT2D eigenvalue weighted by atomic mass is 32.2. The van der Waals surface area contributed by atoms with Crippen LogP contribution in [0.25, 0.3) is 0 Å². The molecule has 2 unspecified atom stereocenters. The second-order valence-corrected chi connectivity index (χ2v) is 4.77. The van der Waals surface area contributed by atoms with E-state index in [2.05, 4.69) is 10.6 Å². The molecule has 0 radical (unpaired) electrons. The molecular weight excluding hydrogens is 222 g/mol. The Kier molecular flexibility index (Phi) is 4.33. The largest absolute Gasteiger partial charge is 0.351 e. The van der Waals surface area contributed by atoms with Crippen LogP contribution in [0.4, 0.5) is 8.78 Å². The maximum absolute atomic E-state index is 12.8. The number of carbonyl (C=O) groups is 1. The van der Waals surface area contributed by atoms with Gasteiger partial charge in [0.25, 0.3) is 5.92 Å². The average molecular weight is 238 g/mol. The molecule has 1 aliphatic rings. The molecule has 15 heavy (non-hydrogen) atoms. The summed E-state index contributed by atoms with van der Waals surface area (Å²) in [7, 11) is 0. The molecule has 6 heteroatoms. The summed E-state index contributed by atoms with van der Waals surface area (Å²) >= 11 is 1.61. The minimum Gasteiger partial charge on any atom is -0.351 e. The van der Waals surface area contributed by atoms with Crippen LogP contribution in [0.15, 0.2) is 0 Å². The van der Waals surface area contributed by atoms with Crippen molar-refractivity contribution in [3.05, 3.63) is 0 Å². The molecule has 2 N–H and O–H groups in total. The van der Waals surface area contributed by atoms with Gasteiger partial charge in [-0.1, -0.05) is 0 Å². The van der Waals surface area contributed by atoms with Crippen LogP contribution in [-0.2, 0) is 4.79 Å². The van der Waals surface area contributed by atoms with Crippen molar-refractivity contribution < 1.29 is 13.6 Å². The van der Waals surface area contributed by atoms with E-state index in [1.54, 1.807) is 11.8 Å². The monoisotopic (exact) mass is 238 g/mol. The zero-order valence-electron chi connectivity index (χ0n) is 8.85. The SMILES string of the molecule is CSCC(C)NC(=O)C1CC(F)(F)CN1. The summed E-state index contributed by atoms with van der Waals surface area (Å²) in [5.74, 6) is -2.28. The number of hydrogen-bond acceptors (Lipinski definition) is 3. The van der Waals surface area contributed by atoms with Gasteiger partial charge in [0, 0.05) is 18.2 Å². The highest BCUT2D eigenvalue weighted by Crippen LogP contribution is 2.25. The Labute approximate surface area is 92.4 Å². The molecule has 0 aromatic heterocycles. The predicted octanol–water partition coefficient (Wildman–Crippen LogP) is 0.851. The molecule has 1 fully saturated rings. The highest BCUT2D eigenvalue weighted by molar-refractivity contribution is 7.98. The topological polar surface area (TPSA) is 41.1 Å². The molecule has 2 atom stereocenters. The summed E-state index contributed by atoms with van der Waals surface area (Å²) in [5.41, 5.74) is 0. The first-order chi connectivity index (χ1) is 6.94. The van der Waals surface area contributed by atoms with Gasteiger partial charge in [-0.15, -0.1) is 0 Å². The minimum absolute atomic E-state index is 0.0172. The van der Waals surface area contributed by atoms with Gasteiger partial charge >= 0.3 is 0 Å². The van der Waals surface area contributed by atoms with E-state index >= 15 is 0 Å². The van der Waals surface area contributed by atoms with Crippen LogP contribution in [0.5, 0.6) is 0 Å². The number of nitrogens with one attached hydrogen (secondary N) is 2. The second kappa shape index (κ2) is 5.12. The molecular formula is C9H16F2N2OS. The summed E-state index contributed by atoms with van der Waals surface area (Å²) in [4.78, 5) is 11.5. The molecule has 1 heterocycles. The maximum atomic E-state index is 12.8. The quantitative estimate of drug-likeness (QED) is 0.763. The van der Waals surface area contributed by atoms with E-state index in [1.807, 2.05) is 13.2 Å². The molecule has 1 saturated heterocycles. The van der Waals surface area contributed by atoms with Crippen molar-refractivity contribution in [2.24, 2.45) is 0 Å². The van der Waals surface area contributed by atoms with Crippen molar-refractivity contribution >= 4 is 17.7 Å². The first-order valence-corrected chi connectivity index (χ1v) is 6.24. The van der Waals surface area contributed by atoms with Crippen molar-refractivity contribution in [2.45, 2.75) is 31.4 Å². The molecule has 3 nitrogen and oxygen atoms in total. The first kappa shape index (κ1) is 12.7. The zero-order valence-corrected chi connectivity index (χ0v) is 9.66. The lowest BCUT2D eigenvalue weighted by molar-refractivity contribution is -0.123. The van der Waals surface area contributed by atoms with Crippen molar-refractivity contribution in [2.75, 3.05) is 18.6 Å². The summed E-state index contributed by atoms with van der Waals surface area (Å²) in [6.45, 7) is 1.46. The number of alkyl halides is 2. The number of halogens is 2. The summed E-state index contributed by atoms with van der Waals surface area (Å²) < 4.78 is 25.6. The van der Waals surface area contributed by atoms with Gasteiger partial charge in [-0.2, -0.15) is 11.8 Å². The number of amides is 1. The van der Waals surface area contributed by atoms with Crippen LogP contribution in [0.1, 0.15) is 13.3 Å². The summed E-state index contributed by atoms with van der Waals surface area (Å²) in [6, 6.07) is -0.729. The van der Waals surface area contributed by atoms with E-state index < -0.39 is 24.9 Å². The lowest BCUT2D eigenvalue weighted by Crippen LogP contribution is -2.45. The normalized spacial score (nSPS) is 26.3. The fourth-order valence-corrected chi connectivity index (χ4v) is 2.12. The third-order valence-electron chi connectivity index (χ3n) is 2.23. The lowest BCUT2D eigenvalue weighted by atomic mass is 10.2. The molecule has 0 aromatic carbocycles. The van der Waals surface area contributed by atoms with E-state index in [0.29, 0.717) is 0 Å². The van der Waals surface area contributed by atoms with Gasteiger partial charge in [0.2, 0.25) is 5.91 Å². The fraction of sp³-hybridized carbons (Fsp3) is 0.889. The fourth-order valence-electron chi connectivity index (χ4n) is 1.54. The van der Waals surface area contributed by atoms with Crippen LogP contribution in [0.2, 0.25) is 0 Å². The summed E-state index contributed by atoms with van der Waals surface area (Å²) in [5, 5.41) is 5.23. The molecule has 1 rings (SSSR count). The number of carbonyl (C=O) groups excluding carboxylic acids is 1. The molecule has 1 aliphatic heterocycles. The Morgan fingerprint density at radius 1 is 1.73 bits per heavy atom. The van der Waals surface area contributed by atoms with Gasteiger partial charge in [-0.25, -0.2) is 8.78 Å². The van der Waals surface area contributed by atoms with Crippen LogP contribution < -0.4 is 10.6 Å². The molecule has 88 valence electrons. The third kappa shape index (κ3) is 3.95. The first-order valence-electron chi connectivity index (χ1n) is 4.85. The highest BCUT2D eigenvalue weighted by Gasteiger charge is 2.42. The number of hydrogen-bond donors (Lipinski definition) is 2. The minimum atomic E-state index is -2.75.